The van der Waals surface area contributed by atoms with Crippen LogP contribution >= 0.6 is 11.6 Å². The fraction of sp³-hybridized carbons (Fsp3) is 0.455. The Morgan fingerprint density at radius 1 is 1.50 bits per heavy atom. The van der Waals surface area contributed by atoms with Crippen LogP contribution in [0.2, 0.25) is 5.15 Å². The number of rotatable bonds is 5. The fourth-order valence-electron chi connectivity index (χ4n) is 1.31. The summed E-state index contributed by atoms with van der Waals surface area (Å²) in [4.78, 5) is 14.5. The van der Waals surface area contributed by atoms with Crippen molar-refractivity contribution in [2.75, 3.05) is 0 Å². The predicted molar refractivity (Wildman–Crippen MR) is 57.9 cm³/mol. The first-order valence-corrected chi connectivity index (χ1v) is 5.25. The second kappa shape index (κ2) is 5.76. The molecular weight excluding hydrogens is 198 g/mol. The van der Waals surface area contributed by atoms with Crippen molar-refractivity contribution in [3.63, 3.8) is 0 Å². The summed E-state index contributed by atoms with van der Waals surface area (Å²) in [7, 11) is 0. The summed E-state index contributed by atoms with van der Waals surface area (Å²) in [6, 6.07) is 1.82. The molecule has 0 N–H and O–H groups in total. The van der Waals surface area contributed by atoms with Gasteiger partial charge in [0.1, 0.15) is 5.15 Å². The molecule has 2 nitrogen and oxygen atoms in total. The van der Waals surface area contributed by atoms with E-state index >= 15 is 0 Å². The smallest absolute Gasteiger partial charge is 0.153 e. The molecule has 0 spiro atoms. The Kier molecular flexibility index (Phi) is 4.60. The monoisotopic (exact) mass is 211 g/mol. The van der Waals surface area contributed by atoms with Crippen molar-refractivity contribution in [1.82, 2.24) is 4.98 Å². The first-order chi connectivity index (χ1) is 6.77. The van der Waals surface area contributed by atoms with E-state index in [4.69, 9.17) is 11.6 Å². The van der Waals surface area contributed by atoms with E-state index in [2.05, 4.69) is 11.9 Å². The quantitative estimate of drug-likeness (QED) is 0.425. The number of aromatic nitrogens is 1. The first kappa shape index (κ1) is 11.2. The summed E-state index contributed by atoms with van der Waals surface area (Å²) in [6.07, 6.45) is 7.00. The number of hydrogen-bond donors (Lipinski definition) is 0. The zero-order valence-corrected chi connectivity index (χ0v) is 9.05. The molecule has 1 aromatic heterocycles. The highest BCUT2D eigenvalue weighted by atomic mass is 35.5. The van der Waals surface area contributed by atoms with Crippen LogP contribution in [0, 0.1) is 0 Å². The number of pyridine rings is 1. The van der Waals surface area contributed by atoms with Crippen LogP contribution in [-0.4, -0.2) is 11.3 Å². The number of carbonyl (C=O) groups is 1. The van der Waals surface area contributed by atoms with Crippen LogP contribution in [-0.2, 0) is 6.42 Å². The van der Waals surface area contributed by atoms with E-state index in [1.165, 1.54) is 12.8 Å². The summed E-state index contributed by atoms with van der Waals surface area (Å²) >= 11 is 5.72. The standard InChI is InChI=1S/C11H14ClNO/c1-2-3-4-5-9-6-10(8-14)11(12)13-7-9/h6-8H,2-5H2,1H3. The van der Waals surface area contributed by atoms with Gasteiger partial charge in [0.25, 0.3) is 0 Å². The number of carbonyl (C=O) groups excluding carboxylic acids is 1. The van der Waals surface area contributed by atoms with Crippen LogP contribution in [0.1, 0.15) is 42.1 Å². The molecule has 0 atom stereocenters. The lowest BCUT2D eigenvalue weighted by atomic mass is 10.1. The van der Waals surface area contributed by atoms with Gasteiger partial charge >= 0.3 is 0 Å². The third kappa shape index (κ3) is 3.11. The molecule has 1 aromatic rings. The number of unbranched alkanes of at least 4 members (excludes halogenated alkanes) is 2. The summed E-state index contributed by atoms with van der Waals surface area (Å²) < 4.78 is 0. The molecule has 1 heterocycles. The topological polar surface area (TPSA) is 30.0 Å². The highest BCUT2D eigenvalue weighted by molar-refractivity contribution is 6.31. The normalized spacial score (nSPS) is 10.1. The molecule has 0 unspecified atom stereocenters. The van der Waals surface area contributed by atoms with Gasteiger partial charge in [-0.2, -0.15) is 0 Å². The molecule has 0 saturated heterocycles. The van der Waals surface area contributed by atoms with Crippen molar-refractivity contribution in [2.24, 2.45) is 0 Å². The van der Waals surface area contributed by atoms with Gasteiger partial charge in [0.15, 0.2) is 6.29 Å². The minimum atomic E-state index is 0.291. The molecule has 0 amide bonds. The van der Waals surface area contributed by atoms with Gasteiger partial charge in [-0.1, -0.05) is 31.4 Å². The van der Waals surface area contributed by atoms with Crippen LogP contribution < -0.4 is 0 Å². The van der Waals surface area contributed by atoms with E-state index in [1.807, 2.05) is 6.07 Å². The highest BCUT2D eigenvalue weighted by Crippen LogP contribution is 2.14. The van der Waals surface area contributed by atoms with E-state index in [-0.39, 0.29) is 0 Å². The van der Waals surface area contributed by atoms with Crippen molar-refractivity contribution in [1.29, 1.82) is 0 Å². The Hall–Kier alpha value is -0.890. The van der Waals surface area contributed by atoms with E-state index in [0.29, 0.717) is 10.7 Å². The summed E-state index contributed by atoms with van der Waals surface area (Å²) in [5, 5.41) is 0.291. The van der Waals surface area contributed by atoms with Crippen molar-refractivity contribution in [3.8, 4) is 0 Å². The van der Waals surface area contributed by atoms with Gasteiger partial charge in [0, 0.05) is 6.20 Å². The Labute approximate surface area is 89.3 Å². The molecule has 0 radical (unpaired) electrons. The summed E-state index contributed by atoms with van der Waals surface area (Å²) in [5.74, 6) is 0. The maximum atomic E-state index is 10.6. The van der Waals surface area contributed by atoms with Gasteiger partial charge in [0.2, 0.25) is 0 Å². The lowest BCUT2D eigenvalue weighted by Crippen LogP contribution is -1.92. The average molecular weight is 212 g/mol. The van der Waals surface area contributed by atoms with E-state index in [1.54, 1.807) is 6.20 Å². The summed E-state index contributed by atoms with van der Waals surface area (Å²) in [6.45, 7) is 2.16. The minimum Gasteiger partial charge on any atom is -0.298 e. The van der Waals surface area contributed by atoms with Gasteiger partial charge in [-0.15, -0.1) is 0 Å². The van der Waals surface area contributed by atoms with Gasteiger partial charge < -0.3 is 0 Å². The van der Waals surface area contributed by atoms with Crippen molar-refractivity contribution >= 4 is 17.9 Å². The Morgan fingerprint density at radius 2 is 2.29 bits per heavy atom. The minimum absolute atomic E-state index is 0.291. The second-order valence-corrected chi connectivity index (χ2v) is 3.66. The third-order valence-corrected chi connectivity index (χ3v) is 2.43. The van der Waals surface area contributed by atoms with Crippen LogP contribution in [0.4, 0.5) is 0 Å². The average Bonchev–Trinajstić information content (AvgIpc) is 2.21. The molecule has 1 rings (SSSR count). The fourth-order valence-corrected chi connectivity index (χ4v) is 1.46. The van der Waals surface area contributed by atoms with Crippen molar-refractivity contribution < 1.29 is 4.79 Å². The molecule has 76 valence electrons. The van der Waals surface area contributed by atoms with Gasteiger partial charge in [-0.3, -0.25) is 4.79 Å². The van der Waals surface area contributed by atoms with Crippen LogP contribution in [0.3, 0.4) is 0 Å². The summed E-state index contributed by atoms with van der Waals surface area (Å²) in [5.41, 5.74) is 1.57. The zero-order chi connectivity index (χ0) is 10.4. The maximum absolute atomic E-state index is 10.6. The molecule has 0 saturated carbocycles. The number of hydrogen-bond acceptors (Lipinski definition) is 2. The lowest BCUT2D eigenvalue weighted by Gasteiger charge is -2.01. The molecule has 0 aliphatic carbocycles. The number of aldehydes is 1. The Morgan fingerprint density at radius 3 is 2.93 bits per heavy atom. The Bertz CT molecular complexity index is 312. The first-order valence-electron chi connectivity index (χ1n) is 4.87. The molecule has 0 aliphatic rings. The molecular formula is C11H14ClNO. The third-order valence-electron chi connectivity index (χ3n) is 2.12. The molecule has 14 heavy (non-hydrogen) atoms. The Balaban J connectivity index is 2.64. The van der Waals surface area contributed by atoms with Crippen LogP contribution in [0.25, 0.3) is 0 Å². The van der Waals surface area contributed by atoms with Crippen LogP contribution in [0.15, 0.2) is 12.3 Å². The van der Waals surface area contributed by atoms with Gasteiger partial charge in [-0.05, 0) is 24.5 Å². The lowest BCUT2D eigenvalue weighted by molar-refractivity contribution is 0.112. The molecule has 3 heteroatoms. The van der Waals surface area contributed by atoms with Gasteiger partial charge in [-0.25, -0.2) is 4.98 Å². The molecule has 0 bridgehead atoms. The zero-order valence-electron chi connectivity index (χ0n) is 8.29. The maximum Gasteiger partial charge on any atom is 0.153 e. The van der Waals surface area contributed by atoms with E-state index in [9.17, 15) is 4.79 Å². The molecule has 0 aliphatic heterocycles. The van der Waals surface area contributed by atoms with Crippen molar-refractivity contribution in [3.05, 3.63) is 28.5 Å². The van der Waals surface area contributed by atoms with E-state index in [0.717, 1.165) is 24.7 Å². The SMILES string of the molecule is CCCCCc1cnc(Cl)c(C=O)c1. The molecule has 0 aromatic carbocycles. The molecule has 0 fully saturated rings. The number of halogens is 1. The van der Waals surface area contributed by atoms with Gasteiger partial charge in [0.05, 0.1) is 5.56 Å². The number of nitrogens with zero attached hydrogens (tertiary/aromatic N) is 1. The number of aryl methyl sites for hydroxylation is 1. The van der Waals surface area contributed by atoms with Crippen LogP contribution in [0.5, 0.6) is 0 Å². The van der Waals surface area contributed by atoms with Crippen molar-refractivity contribution in [2.45, 2.75) is 32.6 Å². The highest BCUT2D eigenvalue weighted by Gasteiger charge is 2.01. The van der Waals surface area contributed by atoms with E-state index < -0.39 is 0 Å². The largest absolute Gasteiger partial charge is 0.298 e. The second-order valence-electron chi connectivity index (χ2n) is 3.30. The predicted octanol–water partition coefficient (Wildman–Crippen LogP) is 3.28.